The van der Waals surface area contributed by atoms with Gasteiger partial charge >= 0.3 is 0 Å². The van der Waals surface area contributed by atoms with Crippen LogP contribution in [0, 0.1) is 6.92 Å². The van der Waals surface area contributed by atoms with Gasteiger partial charge in [0.25, 0.3) is 0 Å². The number of likely N-dealkylation sites (tertiary alicyclic amines) is 1. The van der Waals surface area contributed by atoms with E-state index in [1.807, 2.05) is 18.0 Å². The SMILES string of the molecule is Cc1ncc(CN(C)C)c([C@H]2CCCN2CC(=O)N2CCOCC2)n1. The molecule has 1 amide bonds. The molecule has 1 atom stereocenters. The molecule has 0 unspecified atom stereocenters. The van der Waals surface area contributed by atoms with Gasteiger partial charge in [-0.05, 0) is 40.4 Å². The molecule has 0 spiro atoms. The Hall–Kier alpha value is -1.57. The third-order valence-corrected chi connectivity index (χ3v) is 4.89. The van der Waals surface area contributed by atoms with Crippen LogP contribution in [0.3, 0.4) is 0 Å². The van der Waals surface area contributed by atoms with Gasteiger partial charge < -0.3 is 14.5 Å². The van der Waals surface area contributed by atoms with Gasteiger partial charge in [0.2, 0.25) is 5.91 Å². The molecule has 138 valence electrons. The Morgan fingerprint density at radius 2 is 2.08 bits per heavy atom. The van der Waals surface area contributed by atoms with Crippen LogP contribution >= 0.6 is 0 Å². The van der Waals surface area contributed by atoms with Crippen LogP contribution in [-0.4, -0.2) is 84.1 Å². The predicted molar refractivity (Wildman–Crippen MR) is 95.1 cm³/mol. The highest BCUT2D eigenvalue weighted by molar-refractivity contribution is 5.78. The van der Waals surface area contributed by atoms with Gasteiger partial charge in [0.05, 0.1) is 31.5 Å². The summed E-state index contributed by atoms with van der Waals surface area (Å²) in [5.74, 6) is 0.999. The van der Waals surface area contributed by atoms with Crippen LogP contribution in [0.15, 0.2) is 6.20 Å². The maximum Gasteiger partial charge on any atom is 0.236 e. The van der Waals surface area contributed by atoms with E-state index in [-0.39, 0.29) is 11.9 Å². The Morgan fingerprint density at radius 1 is 1.32 bits per heavy atom. The highest BCUT2D eigenvalue weighted by Gasteiger charge is 2.32. The molecule has 7 nitrogen and oxygen atoms in total. The lowest BCUT2D eigenvalue weighted by Crippen LogP contribution is -2.45. The Morgan fingerprint density at radius 3 is 2.80 bits per heavy atom. The number of morpholine rings is 1. The van der Waals surface area contributed by atoms with E-state index >= 15 is 0 Å². The molecule has 0 aliphatic carbocycles. The van der Waals surface area contributed by atoms with E-state index in [2.05, 4.69) is 28.9 Å². The second-order valence-corrected chi connectivity index (χ2v) is 7.19. The lowest BCUT2D eigenvalue weighted by atomic mass is 10.1. The molecular weight excluding hydrogens is 318 g/mol. The Balaban J connectivity index is 1.74. The number of rotatable bonds is 5. The van der Waals surface area contributed by atoms with Crippen LogP contribution in [0.2, 0.25) is 0 Å². The average Bonchev–Trinajstić information content (AvgIpc) is 3.05. The fraction of sp³-hybridized carbons (Fsp3) is 0.722. The second-order valence-electron chi connectivity index (χ2n) is 7.19. The van der Waals surface area contributed by atoms with Gasteiger partial charge in [-0.2, -0.15) is 0 Å². The van der Waals surface area contributed by atoms with E-state index in [4.69, 9.17) is 9.72 Å². The summed E-state index contributed by atoms with van der Waals surface area (Å²) in [4.78, 5) is 28.1. The molecule has 0 aromatic carbocycles. The minimum absolute atomic E-state index is 0.204. The molecule has 25 heavy (non-hydrogen) atoms. The van der Waals surface area contributed by atoms with Crippen LogP contribution in [0.4, 0.5) is 0 Å². The summed E-state index contributed by atoms with van der Waals surface area (Å²) in [7, 11) is 4.11. The molecule has 2 aliphatic heterocycles. The van der Waals surface area contributed by atoms with Gasteiger partial charge in [-0.1, -0.05) is 0 Å². The molecular formula is C18H29N5O2. The highest BCUT2D eigenvalue weighted by atomic mass is 16.5. The van der Waals surface area contributed by atoms with E-state index in [1.54, 1.807) is 0 Å². The van der Waals surface area contributed by atoms with E-state index in [0.717, 1.165) is 43.0 Å². The monoisotopic (exact) mass is 347 g/mol. The van der Waals surface area contributed by atoms with Crippen molar-refractivity contribution in [3.63, 3.8) is 0 Å². The van der Waals surface area contributed by atoms with Crippen molar-refractivity contribution in [1.29, 1.82) is 0 Å². The number of aromatic nitrogens is 2. The maximum atomic E-state index is 12.6. The van der Waals surface area contributed by atoms with E-state index in [9.17, 15) is 4.79 Å². The summed E-state index contributed by atoms with van der Waals surface area (Å²) in [6, 6.07) is 0.210. The van der Waals surface area contributed by atoms with E-state index in [1.165, 1.54) is 0 Å². The van der Waals surface area contributed by atoms with Gasteiger partial charge in [0.15, 0.2) is 0 Å². The number of amides is 1. The predicted octanol–water partition coefficient (Wildman–Crippen LogP) is 0.842. The molecule has 3 heterocycles. The fourth-order valence-electron chi connectivity index (χ4n) is 3.68. The first-order chi connectivity index (χ1) is 12.0. The number of carbonyl (C=O) groups is 1. The average molecular weight is 347 g/mol. The fourth-order valence-corrected chi connectivity index (χ4v) is 3.68. The van der Waals surface area contributed by atoms with Gasteiger partial charge in [-0.25, -0.2) is 9.97 Å². The van der Waals surface area contributed by atoms with Gasteiger partial charge in [0.1, 0.15) is 5.82 Å². The van der Waals surface area contributed by atoms with Crippen LogP contribution in [0.25, 0.3) is 0 Å². The largest absolute Gasteiger partial charge is 0.378 e. The number of hydrogen-bond donors (Lipinski definition) is 0. The summed E-state index contributed by atoms with van der Waals surface area (Å²) in [5.41, 5.74) is 2.25. The molecule has 2 fully saturated rings. The first kappa shape index (κ1) is 18.2. The Labute approximate surface area is 150 Å². The first-order valence-corrected chi connectivity index (χ1v) is 9.11. The standard InChI is InChI=1S/C18H29N5O2/c1-14-19-11-15(12-21(2)3)18(20-14)16-5-4-6-23(16)13-17(24)22-7-9-25-10-8-22/h11,16H,4-10,12-13H2,1-3H3/t16-/m1/s1. The quantitative estimate of drug-likeness (QED) is 0.787. The minimum atomic E-state index is 0.204. The summed E-state index contributed by atoms with van der Waals surface area (Å²) in [5, 5.41) is 0. The highest BCUT2D eigenvalue weighted by Crippen LogP contribution is 2.32. The van der Waals surface area contributed by atoms with Crippen molar-refractivity contribution in [2.24, 2.45) is 0 Å². The second kappa shape index (κ2) is 8.21. The van der Waals surface area contributed by atoms with Crippen molar-refractivity contribution in [2.45, 2.75) is 32.4 Å². The molecule has 2 aliphatic rings. The van der Waals surface area contributed by atoms with E-state index < -0.39 is 0 Å². The molecule has 0 N–H and O–H groups in total. The van der Waals surface area contributed by atoms with E-state index in [0.29, 0.717) is 32.8 Å². The summed E-state index contributed by atoms with van der Waals surface area (Å²) in [6.07, 6.45) is 4.09. The molecule has 3 rings (SSSR count). The molecule has 7 heteroatoms. The lowest BCUT2D eigenvalue weighted by molar-refractivity contribution is -0.136. The third kappa shape index (κ3) is 4.54. The molecule has 0 saturated carbocycles. The van der Waals surface area contributed by atoms with Crippen molar-refractivity contribution < 1.29 is 9.53 Å². The normalized spacial score (nSPS) is 21.9. The van der Waals surface area contributed by atoms with Crippen molar-refractivity contribution in [3.8, 4) is 0 Å². The van der Waals surface area contributed by atoms with Crippen molar-refractivity contribution >= 4 is 5.91 Å². The van der Waals surface area contributed by atoms with Crippen LogP contribution < -0.4 is 0 Å². The summed E-state index contributed by atoms with van der Waals surface area (Å²) in [6.45, 7) is 6.87. The van der Waals surface area contributed by atoms with Crippen molar-refractivity contribution in [3.05, 3.63) is 23.3 Å². The van der Waals surface area contributed by atoms with Crippen LogP contribution in [0.5, 0.6) is 0 Å². The van der Waals surface area contributed by atoms with Crippen molar-refractivity contribution in [1.82, 2.24) is 24.7 Å². The first-order valence-electron chi connectivity index (χ1n) is 9.11. The molecule has 1 aromatic heterocycles. The Bertz CT molecular complexity index is 601. The lowest BCUT2D eigenvalue weighted by Gasteiger charge is -2.31. The number of ether oxygens (including phenoxy) is 1. The number of hydrogen-bond acceptors (Lipinski definition) is 6. The molecule has 0 bridgehead atoms. The maximum absolute atomic E-state index is 12.6. The smallest absolute Gasteiger partial charge is 0.236 e. The zero-order chi connectivity index (χ0) is 17.8. The van der Waals surface area contributed by atoms with Crippen LogP contribution in [0.1, 0.15) is 36.0 Å². The van der Waals surface area contributed by atoms with Gasteiger partial charge in [-0.15, -0.1) is 0 Å². The van der Waals surface area contributed by atoms with Gasteiger partial charge in [-0.3, -0.25) is 9.69 Å². The topological polar surface area (TPSA) is 61.8 Å². The minimum Gasteiger partial charge on any atom is -0.378 e. The number of nitrogens with zero attached hydrogens (tertiary/aromatic N) is 5. The van der Waals surface area contributed by atoms with Gasteiger partial charge in [0, 0.05) is 31.4 Å². The number of aryl methyl sites for hydroxylation is 1. The molecule has 0 radical (unpaired) electrons. The summed E-state index contributed by atoms with van der Waals surface area (Å²) >= 11 is 0. The van der Waals surface area contributed by atoms with Crippen molar-refractivity contribution in [2.75, 3.05) is 53.5 Å². The molecule has 1 aromatic rings. The third-order valence-electron chi connectivity index (χ3n) is 4.89. The Kier molecular flexibility index (Phi) is 5.98. The van der Waals surface area contributed by atoms with Crippen LogP contribution in [-0.2, 0) is 16.1 Å². The molecule has 2 saturated heterocycles. The zero-order valence-corrected chi connectivity index (χ0v) is 15.6. The summed E-state index contributed by atoms with van der Waals surface area (Å²) < 4.78 is 5.35. The number of carbonyl (C=O) groups excluding carboxylic acids is 1. The zero-order valence-electron chi connectivity index (χ0n) is 15.6.